The Morgan fingerprint density at radius 2 is 1.81 bits per heavy atom. The molecule has 0 aliphatic carbocycles. The van der Waals surface area contributed by atoms with Crippen LogP contribution in [0, 0.1) is 0 Å². The lowest BCUT2D eigenvalue weighted by Crippen LogP contribution is -2.40. The van der Waals surface area contributed by atoms with E-state index in [2.05, 4.69) is 10.4 Å². The number of benzene rings is 2. The summed E-state index contributed by atoms with van der Waals surface area (Å²) in [7, 11) is 0. The fourth-order valence-corrected chi connectivity index (χ4v) is 3.33. The van der Waals surface area contributed by atoms with E-state index in [4.69, 9.17) is 4.42 Å². The SMILES string of the molecule is CCc1oc2ccccc2c1/C=N\N1C(=O)N[C@](C)(c2ccccc2)C1=O. The average Bonchev–Trinajstić information content (AvgIpc) is 3.16. The minimum Gasteiger partial charge on any atom is -0.460 e. The zero-order valence-electron chi connectivity index (χ0n) is 15.1. The fourth-order valence-electron chi connectivity index (χ4n) is 3.33. The number of hydrogen-bond donors (Lipinski definition) is 1. The van der Waals surface area contributed by atoms with Crippen LogP contribution in [0.2, 0.25) is 0 Å². The van der Waals surface area contributed by atoms with Crippen LogP contribution in [0.25, 0.3) is 11.0 Å². The zero-order chi connectivity index (χ0) is 19.0. The second kappa shape index (κ2) is 6.39. The number of urea groups is 1. The molecule has 4 rings (SSSR count). The lowest BCUT2D eigenvalue weighted by atomic mass is 9.92. The van der Waals surface area contributed by atoms with Gasteiger partial charge >= 0.3 is 6.03 Å². The molecule has 0 spiro atoms. The minimum atomic E-state index is -1.14. The molecule has 1 aliphatic heterocycles. The van der Waals surface area contributed by atoms with Gasteiger partial charge in [-0.3, -0.25) is 4.79 Å². The molecule has 0 radical (unpaired) electrons. The van der Waals surface area contributed by atoms with Crippen molar-refractivity contribution in [2.75, 3.05) is 0 Å². The number of furan rings is 1. The van der Waals surface area contributed by atoms with Crippen LogP contribution in [0.5, 0.6) is 0 Å². The Morgan fingerprint density at radius 3 is 2.56 bits per heavy atom. The monoisotopic (exact) mass is 361 g/mol. The number of aryl methyl sites for hydroxylation is 1. The van der Waals surface area contributed by atoms with Crippen LogP contribution in [0.15, 0.2) is 64.1 Å². The van der Waals surface area contributed by atoms with E-state index in [9.17, 15) is 9.59 Å². The van der Waals surface area contributed by atoms with Crippen molar-refractivity contribution < 1.29 is 14.0 Å². The van der Waals surface area contributed by atoms with Crippen LogP contribution in [0.1, 0.15) is 30.7 Å². The van der Waals surface area contributed by atoms with Gasteiger partial charge in [-0.1, -0.05) is 55.5 Å². The zero-order valence-corrected chi connectivity index (χ0v) is 15.1. The highest BCUT2D eigenvalue weighted by atomic mass is 16.3. The first-order chi connectivity index (χ1) is 13.0. The topological polar surface area (TPSA) is 74.9 Å². The van der Waals surface area contributed by atoms with Crippen molar-refractivity contribution in [3.8, 4) is 0 Å². The number of para-hydroxylation sites is 1. The number of rotatable bonds is 4. The van der Waals surface area contributed by atoms with Crippen LogP contribution in [-0.4, -0.2) is 23.2 Å². The molecular formula is C21H19N3O3. The predicted octanol–water partition coefficient (Wildman–Crippen LogP) is 3.80. The van der Waals surface area contributed by atoms with E-state index in [1.54, 1.807) is 6.92 Å². The maximum atomic E-state index is 12.9. The molecule has 0 bridgehead atoms. The van der Waals surface area contributed by atoms with Crippen molar-refractivity contribution in [1.82, 2.24) is 10.3 Å². The Labute approximate surface area is 156 Å². The van der Waals surface area contributed by atoms with Crippen LogP contribution >= 0.6 is 0 Å². The molecule has 136 valence electrons. The van der Waals surface area contributed by atoms with Gasteiger partial charge in [-0.05, 0) is 18.6 Å². The van der Waals surface area contributed by atoms with Gasteiger partial charge in [0.05, 0.1) is 6.21 Å². The number of carbonyl (C=O) groups excluding carboxylic acids is 2. The second-order valence-electron chi connectivity index (χ2n) is 6.57. The summed E-state index contributed by atoms with van der Waals surface area (Å²) in [6, 6.07) is 16.2. The van der Waals surface area contributed by atoms with Gasteiger partial charge in [0.25, 0.3) is 5.91 Å². The Morgan fingerprint density at radius 1 is 1.11 bits per heavy atom. The molecule has 1 aromatic heterocycles. The second-order valence-corrected chi connectivity index (χ2v) is 6.57. The number of nitrogens with zero attached hydrogens (tertiary/aromatic N) is 2. The summed E-state index contributed by atoms with van der Waals surface area (Å²) in [5.41, 5.74) is 1.11. The van der Waals surface area contributed by atoms with Crippen LogP contribution in [0.4, 0.5) is 4.79 Å². The third kappa shape index (κ3) is 2.70. The van der Waals surface area contributed by atoms with Crippen LogP contribution < -0.4 is 5.32 Å². The van der Waals surface area contributed by atoms with Crippen molar-refractivity contribution in [2.24, 2.45) is 5.10 Å². The summed E-state index contributed by atoms with van der Waals surface area (Å²) in [6.07, 6.45) is 2.21. The molecule has 1 atom stereocenters. The van der Waals surface area contributed by atoms with E-state index in [-0.39, 0.29) is 0 Å². The van der Waals surface area contributed by atoms with Gasteiger partial charge in [0.15, 0.2) is 0 Å². The Kier molecular flexibility index (Phi) is 4.03. The molecule has 3 amide bonds. The summed E-state index contributed by atoms with van der Waals surface area (Å²) in [4.78, 5) is 25.3. The fraction of sp³-hybridized carbons (Fsp3) is 0.190. The molecule has 2 aromatic carbocycles. The van der Waals surface area contributed by atoms with Gasteiger partial charge in [0, 0.05) is 17.4 Å². The lowest BCUT2D eigenvalue weighted by molar-refractivity contribution is -0.131. The standard InChI is InChI=1S/C21H19N3O3/c1-3-17-16(15-11-7-8-12-18(15)27-17)13-22-24-19(25)21(2,23-20(24)26)14-9-5-4-6-10-14/h4-13H,3H2,1-2H3,(H,23,26)/b22-13-/t21-/m1/s1. The third-order valence-corrected chi connectivity index (χ3v) is 4.85. The summed E-state index contributed by atoms with van der Waals surface area (Å²) in [5, 5.41) is 8.72. The van der Waals surface area contributed by atoms with Crippen molar-refractivity contribution in [1.29, 1.82) is 0 Å². The first-order valence-corrected chi connectivity index (χ1v) is 8.81. The highest BCUT2D eigenvalue weighted by molar-refractivity contribution is 6.08. The molecule has 1 N–H and O–H groups in total. The average molecular weight is 361 g/mol. The number of fused-ring (bicyclic) bond motifs is 1. The molecule has 3 aromatic rings. The number of hydrazone groups is 1. The molecule has 27 heavy (non-hydrogen) atoms. The Bertz CT molecular complexity index is 1050. The van der Waals surface area contributed by atoms with E-state index < -0.39 is 17.5 Å². The van der Waals surface area contributed by atoms with Gasteiger partial charge in [0.1, 0.15) is 16.9 Å². The van der Waals surface area contributed by atoms with Crippen molar-refractivity contribution in [3.05, 3.63) is 71.5 Å². The molecule has 1 aliphatic rings. The third-order valence-electron chi connectivity index (χ3n) is 4.85. The quantitative estimate of drug-likeness (QED) is 0.567. The molecule has 1 fully saturated rings. The van der Waals surface area contributed by atoms with E-state index in [1.165, 1.54) is 6.21 Å². The first-order valence-electron chi connectivity index (χ1n) is 8.81. The lowest BCUT2D eigenvalue weighted by Gasteiger charge is -2.20. The van der Waals surface area contributed by atoms with E-state index in [0.29, 0.717) is 12.0 Å². The molecule has 2 heterocycles. The van der Waals surface area contributed by atoms with Gasteiger partial charge < -0.3 is 9.73 Å². The maximum Gasteiger partial charge on any atom is 0.346 e. The highest BCUT2D eigenvalue weighted by Crippen LogP contribution is 2.29. The number of imide groups is 1. The Balaban J connectivity index is 1.69. The predicted molar refractivity (Wildman–Crippen MR) is 102 cm³/mol. The van der Waals surface area contributed by atoms with E-state index in [0.717, 1.165) is 27.3 Å². The normalized spacial score (nSPS) is 20.0. The molecule has 0 saturated carbocycles. The smallest absolute Gasteiger partial charge is 0.346 e. The van der Waals surface area contributed by atoms with Crippen LogP contribution in [0.3, 0.4) is 0 Å². The summed E-state index contributed by atoms with van der Waals surface area (Å²) in [5.74, 6) is 0.346. The van der Waals surface area contributed by atoms with Gasteiger partial charge in [-0.25, -0.2) is 4.79 Å². The van der Waals surface area contributed by atoms with Crippen molar-refractivity contribution >= 4 is 29.1 Å². The Hall–Kier alpha value is -3.41. The van der Waals surface area contributed by atoms with Crippen molar-refractivity contribution in [3.63, 3.8) is 0 Å². The summed E-state index contributed by atoms with van der Waals surface area (Å²) in [6.45, 7) is 3.66. The van der Waals surface area contributed by atoms with Crippen molar-refractivity contribution in [2.45, 2.75) is 25.8 Å². The first kappa shape index (κ1) is 17.0. The van der Waals surface area contributed by atoms with Gasteiger partial charge in [0.2, 0.25) is 0 Å². The van der Waals surface area contributed by atoms with E-state index in [1.807, 2.05) is 61.5 Å². The summed E-state index contributed by atoms with van der Waals surface area (Å²) < 4.78 is 5.83. The number of amides is 3. The number of hydrogen-bond acceptors (Lipinski definition) is 4. The molecule has 6 heteroatoms. The number of carbonyl (C=O) groups is 2. The minimum absolute atomic E-state index is 0.416. The molecule has 6 nitrogen and oxygen atoms in total. The maximum absolute atomic E-state index is 12.9. The number of nitrogens with one attached hydrogen (secondary N) is 1. The van der Waals surface area contributed by atoms with Gasteiger partial charge in [-0.2, -0.15) is 5.10 Å². The van der Waals surface area contributed by atoms with E-state index >= 15 is 0 Å². The summed E-state index contributed by atoms with van der Waals surface area (Å²) >= 11 is 0. The molecule has 0 unspecified atom stereocenters. The highest BCUT2D eigenvalue weighted by Gasteiger charge is 2.49. The van der Waals surface area contributed by atoms with Crippen LogP contribution in [-0.2, 0) is 16.8 Å². The van der Waals surface area contributed by atoms with Gasteiger partial charge in [-0.15, -0.1) is 5.01 Å². The molecular weight excluding hydrogens is 342 g/mol. The largest absolute Gasteiger partial charge is 0.460 e. The molecule has 1 saturated heterocycles.